The Morgan fingerprint density at radius 1 is 1.08 bits per heavy atom. The Hall–Kier alpha value is -2.24. The summed E-state index contributed by atoms with van der Waals surface area (Å²) in [6.07, 6.45) is 17.3. The fourth-order valence-corrected chi connectivity index (χ4v) is 6.92. The van der Waals surface area contributed by atoms with E-state index in [1.165, 1.54) is 67.3 Å². The number of hydrogen-bond acceptors (Lipinski definition) is 5. The highest BCUT2D eigenvalue weighted by atomic mass is 16.5. The maximum absolute atomic E-state index is 5.60. The zero-order valence-corrected chi connectivity index (χ0v) is 25.3. The third kappa shape index (κ3) is 7.70. The summed E-state index contributed by atoms with van der Waals surface area (Å²) in [6.45, 7) is 17.1. The highest BCUT2D eigenvalue weighted by molar-refractivity contribution is 5.61. The van der Waals surface area contributed by atoms with Crippen LogP contribution in [-0.2, 0) is 17.6 Å². The standard InChI is InChI=1S/C34H52N4O/c1-7-27-12-10-11-13-31(15-14-27)38(9-3)37-25(5)21-29-22-30(23-35-32(29)8-2)33-20-24(4)34(26(6)36-33)28-16-18-39-19-17-28/h9,20,22-23,25,27-28,31,37H,3,7-8,10-19,21H2,1-2,4-6H3. The fraction of sp³-hybridized carbons (Fsp3) is 0.647. The van der Waals surface area contributed by atoms with Gasteiger partial charge in [0.25, 0.3) is 0 Å². The Morgan fingerprint density at radius 3 is 2.54 bits per heavy atom. The van der Waals surface area contributed by atoms with Gasteiger partial charge < -0.3 is 9.75 Å². The van der Waals surface area contributed by atoms with Gasteiger partial charge in [0.2, 0.25) is 0 Å². The van der Waals surface area contributed by atoms with Gasteiger partial charge in [-0.05, 0) is 106 Å². The number of nitrogens with zero attached hydrogens (tertiary/aromatic N) is 3. The molecular weight excluding hydrogens is 480 g/mol. The second-order valence-corrected chi connectivity index (χ2v) is 12.0. The molecule has 1 saturated carbocycles. The van der Waals surface area contributed by atoms with E-state index in [9.17, 15) is 0 Å². The Bertz CT molecular complexity index is 1050. The van der Waals surface area contributed by atoms with Crippen LogP contribution in [0.1, 0.15) is 113 Å². The fourth-order valence-electron chi connectivity index (χ4n) is 6.92. The second-order valence-electron chi connectivity index (χ2n) is 12.0. The number of rotatable bonds is 10. The first kappa shape index (κ1) is 29.7. The lowest BCUT2D eigenvalue weighted by Gasteiger charge is -2.36. The quantitative estimate of drug-likeness (QED) is 0.316. The van der Waals surface area contributed by atoms with Crippen molar-refractivity contribution >= 4 is 0 Å². The van der Waals surface area contributed by atoms with Gasteiger partial charge in [0, 0.05) is 54.6 Å². The van der Waals surface area contributed by atoms with Crippen LogP contribution in [0.5, 0.6) is 0 Å². The minimum absolute atomic E-state index is 0.282. The van der Waals surface area contributed by atoms with E-state index in [4.69, 9.17) is 14.7 Å². The van der Waals surface area contributed by atoms with Gasteiger partial charge in [-0.15, -0.1) is 0 Å². The van der Waals surface area contributed by atoms with E-state index >= 15 is 0 Å². The Morgan fingerprint density at radius 2 is 1.85 bits per heavy atom. The van der Waals surface area contributed by atoms with Crippen molar-refractivity contribution in [1.82, 2.24) is 20.4 Å². The number of hydrazine groups is 1. The smallest absolute Gasteiger partial charge is 0.0723 e. The molecule has 1 aliphatic heterocycles. The van der Waals surface area contributed by atoms with E-state index in [2.05, 4.69) is 63.8 Å². The molecule has 5 nitrogen and oxygen atoms in total. The molecule has 4 rings (SSSR count). The van der Waals surface area contributed by atoms with Gasteiger partial charge in [-0.25, -0.2) is 5.43 Å². The Kier molecular flexibility index (Phi) is 11.0. The Labute approximate surface area is 237 Å². The average Bonchev–Trinajstić information content (AvgIpc) is 2.92. The molecule has 3 unspecified atom stereocenters. The number of aromatic nitrogens is 2. The summed E-state index contributed by atoms with van der Waals surface area (Å²) in [5.41, 5.74) is 12.4. The minimum atomic E-state index is 0.282. The first-order valence-corrected chi connectivity index (χ1v) is 15.6. The van der Waals surface area contributed by atoms with Crippen LogP contribution in [0.2, 0.25) is 0 Å². The van der Waals surface area contributed by atoms with Crippen LogP contribution in [0.15, 0.2) is 31.1 Å². The molecule has 3 atom stereocenters. The van der Waals surface area contributed by atoms with E-state index in [1.807, 2.05) is 12.4 Å². The SMILES string of the molecule is C=CN(NC(C)Cc1cc(-c2cc(C)c(C3CCOCC3)c(C)n2)cnc1CC)C1CCCCC(CC)CC1. The molecule has 1 saturated heterocycles. The highest BCUT2D eigenvalue weighted by Gasteiger charge is 2.23. The van der Waals surface area contributed by atoms with Gasteiger partial charge in [-0.2, -0.15) is 0 Å². The summed E-state index contributed by atoms with van der Waals surface area (Å²) < 4.78 is 5.60. The van der Waals surface area contributed by atoms with Crippen molar-refractivity contribution in [3.8, 4) is 11.3 Å². The predicted octanol–water partition coefficient (Wildman–Crippen LogP) is 7.85. The number of pyridine rings is 2. The van der Waals surface area contributed by atoms with Gasteiger partial charge in [0.1, 0.15) is 0 Å². The molecule has 0 bridgehead atoms. The predicted molar refractivity (Wildman–Crippen MR) is 163 cm³/mol. The first-order valence-electron chi connectivity index (χ1n) is 15.6. The molecule has 0 radical (unpaired) electrons. The monoisotopic (exact) mass is 532 g/mol. The van der Waals surface area contributed by atoms with Crippen molar-refractivity contribution in [2.24, 2.45) is 5.92 Å². The summed E-state index contributed by atoms with van der Waals surface area (Å²) >= 11 is 0. The van der Waals surface area contributed by atoms with Gasteiger partial charge in [-0.3, -0.25) is 9.97 Å². The number of nitrogens with one attached hydrogen (secondary N) is 1. The van der Waals surface area contributed by atoms with E-state index in [0.29, 0.717) is 12.0 Å². The lowest BCUT2D eigenvalue weighted by molar-refractivity contribution is 0.0850. The van der Waals surface area contributed by atoms with Crippen molar-refractivity contribution in [2.45, 2.75) is 123 Å². The lowest BCUT2D eigenvalue weighted by atomic mass is 9.87. The molecule has 214 valence electrons. The van der Waals surface area contributed by atoms with Crippen LogP contribution in [0.25, 0.3) is 11.3 Å². The topological polar surface area (TPSA) is 50.3 Å². The molecule has 0 aromatic carbocycles. The summed E-state index contributed by atoms with van der Waals surface area (Å²) in [6, 6.07) is 5.41. The van der Waals surface area contributed by atoms with E-state index in [-0.39, 0.29) is 6.04 Å². The summed E-state index contributed by atoms with van der Waals surface area (Å²) in [4.78, 5) is 10.00. The molecule has 2 aromatic rings. The van der Waals surface area contributed by atoms with Crippen LogP contribution < -0.4 is 5.43 Å². The summed E-state index contributed by atoms with van der Waals surface area (Å²) in [5.74, 6) is 1.44. The molecule has 2 fully saturated rings. The minimum Gasteiger partial charge on any atom is -0.381 e. The van der Waals surface area contributed by atoms with Crippen LogP contribution >= 0.6 is 0 Å². The zero-order valence-electron chi connectivity index (χ0n) is 25.3. The molecule has 0 amide bonds. The first-order chi connectivity index (χ1) is 18.9. The molecule has 1 N–H and O–H groups in total. The van der Waals surface area contributed by atoms with Crippen molar-refractivity contribution in [1.29, 1.82) is 0 Å². The molecule has 39 heavy (non-hydrogen) atoms. The number of hydrogen-bond donors (Lipinski definition) is 1. The molecule has 2 aromatic heterocycles. The third-order valence-electron chi connectivity index (χ3n) is 9.15. The van der Waals surface area contributed by atoms with Gasteiger partial charge in [0.15, 0.2) is 0 Å². The van der Waals surface area contributed by atoms with Crippen LogP contribution in [0.3, 0.4) is 0 Å². The lowest BCUT2D eigenvalue weighted by Crippen LogP contribution is -2.47. The third-order valence-corrected chi connectivity index (χ3v) is 9.15. The van der Waals surface area contributed by atoms with Gasteiger partial charge in [-0.1, -0.05) is 46.1 Å². The molecule has 0 spiro atoms. The van der Waals surface area contributed by atoms with Crippen LogP contribution in [-0.4, -0.2) is 40.3 Å². The van der Waals surface area contributed by atoms with Crippen molar-refractivity contribution in [2.75, 3.05) is 13.2 Å². The van der Waals surface area contributed by atoms with Gasteiger partial charge in [0.05, 0.1) is 5.69 Å². The molecule has 3 heterocycles. The Balaban J connectivity index is 1.49. The number of ether oxygens (including phenoxy) is 1. The largest absolute Gasteiger partial charge is 0.381 e. The van der Waals surface area contributed by atoms with E-state index in [0.717, 1.165) is 61.8 Å². The molecule has 5 heteroatoms. The van der Waals surface area contributed by atoms with Crippen LogP contribution in [0, 0.1) is 19.8 Å². The highest BCUT2D eigenvalue weighted by Crippen LogP contribution is 2.33. The molecule has 2 aliphatic rings. The zero-order chi connectivity index (χ0) is 27.8. The maximum Gasteiger partial charge on any atom is 0.0723 e. The maximum atomic E-state index is 5.60. The second kappa shape index (κ2) is 14.4. The van der Waals surface area contributed by atoms with Gasteiger partial charge >= 0.3 is 0 Å². The van der Waals surface area contributed by atoms with Crippen molar-refractivity contribution < 1.29 is 4.74 Å². The van der Waals surface area contributed by atoms with Crippen molar-refractivity contribution in [3.63, 3.8) is 0 Å². The van der Waals surface area contributed by atoms with E-state index < -0.39 is 0 Å². The average molecular weight is 533 g/mol. The number of aryl methyl sites for hydroxylation is 3. The van der Waals surface area contributed by atoms with E-state index in [1.54, 1.807) is 0 Å². The van der Waals surface area contributed by atoms with Crippen LogP contribution in [0.4, 0.5) is 0 Å². The normalized spacial score (nSPS) is 21.7. The summed E-state index contributed by atoms with van der Waals surface area (Å²) in [7, 11) is 0. The molecule has 1 aliphatic carbocycles. The molecular formula is C34H52N4O. The summed E-state index contributed by atoms with van der Waals surface area (Å²) in [5, 5.41) is 2.31. The van der Waals surface area contributed by atoms with Crippen molar-refractivity contribution in [3.05, 3.63) is 59.2 Å².